The fourth-order valence-corrected chi connectivity index (χ4v) is 4.20. The molecule has 10 heteroatoms. The smallest absolute Gasteiger partial charge is 0.243 e. The molecule has 1 saturated carbocycles. The van der Waals surface area contributed by atoms with E-state index in [9.17, 15) is 19.2 Å². The van der Waals surface area contributed by atoms with Crippen LogP contribution in [0.3, 0.4) is 0 Å². The molecule has 166 valence electrons. The summed E-state index contributed by atoms with van der Waals surface area (Å²) < 4.78 is 0. The summed E-state index contributed by atoms with van der Waals surface area (Å²) in [6.45, 7) is 1.67. The van der Waals surface area contributed by atoms with Gasteiger partial charge >= 0.3 is 0 Å². The molecule has 2 aliphatic rings. The Balaban J connectivity index is 1.58. The third-order valence-corrected chi connectivity index (χ3v) is 5.89. The fourth-order valence-electron chi connectivity index (χ4n) is 4.20. The lowest BCUT2D eigenvalue weighted by molar-refractivity contribution is -0.137. The summed E-state index contributed by atoms with van der Waals surface area (Å²) in [7, 11) is 0. The largest absolute Gasteiger partial charge is 0.369 e. The van der Waals surface area contributed by atoms with Gasteiger partial charge in [-0.05, 0) is 44.2 Å². The number of nitrogens with zero attached hydrogens (tertiary/aromatic N) is 2. The van der Waals surface area contributed by atoms with Crippen molar-refractivity contribution in [3.05, 3.63) is 23.9 Å². The number of hydrogen-bond donors (Lipinski definition) is 4. The third kappa shape index (κ3) is 5.25. The van der Waals surface area contributed by atoms with Crippen molar-refractivity contribution in [1.82, 2.24) is 15.2 Å². The zero-order valence-electron chi connectivity index (χ0n) is 17.5. The van der Waals surface area contributed by atoms with Gasteiger partial charge < -0.3 is 21.3 Å². The number of nitrogens with two attached hydrogens (primary N) is 1. The summed E-state index contributed by atoms with van der Waals surface area (Å²) in [6, 6.07) is 2.55. The number of anilines is 1. The molecule has 1 saturated heterocycles. The van der Waals surface area contributed by atoms with Crippen LogP contribution >= 0.6 is 0 Å². The second-order valence-corrected chi connectivity index (χ2v) is 8.05. The van der Waals surface area contributed by atoms with E-state index in [0.29, 0.717) is 37.8 Å². The highest BCUT2D eigenvalue weighted by atomic mass is 16.2. The number of nitrogens with one attached hydrogen (secondary N) is 3. The molecular formula is C21H28N6O4. The Kier molecular flexibility index (Phi) is 6.98. The Labute approximate surface area is 180 Å². The number of primary amides is 1. The van der Waals surface area contributed by atoms with Gasteiger partial charge in [-0.2, -0.15) is 0 Å². The topological polar surface area (TPSA) is 158 Å². The predicted molar refractivity (Wildman–Crippen MR) is 113 cm³/mol. The van der Waals surface area contributed by atoms with Gasteiger partial charge in [-0.1, -0.05) is 0 Å². The van der Waals surface area contributed by atoms with Crippen LogP contribution in [-0.4, -0.2) is 64.3 Å². The quantitative estimate of drug-likeness (QED) is 0.433. The first-order chi connectivity index (χ1) is 14.8. The van der Waals surface area contributed by atoms with Crippen LogP contribution in [-0.2, 0) is 19.2 Å². The molecule has 3 amide bonds. The minimum Gasteiger partial charge on any atom is -0.369 e. The van der Waals surface area contributed by atoms with Crippen molar-refractivity contribution in [1.29, 1.82) is 5.41 Å². The minimum atomic E-state index is -0.555. The molecule has 0 bridgehead atoms. The molecule has 5 N–H and O–H groups in total. The number of amides is 3. The number of pyridine rings is 1. The molecule has 3 rings (SSSR count). The number of carbonyl (C=O) groups excluding carboxylic acids is 4. The van der Waals surface area contributed by atoms with E-state index in [1.807, 2.05) is 0 Å². The average molecular weight is 428 g/mol. The number of hydrogen-bond acceptors (Lipinski definition) is 7. The fraction of sp³-hybridized carbons (Fsp3) is 0.524. The van der Waals surface area contributed by atoms with Crippen molar-refractivity contribution in [3.8, 4) is 0 Å². The van der Waals surface area contributed by atoms with Gasteiger partial charge in [-0.25, -0.2) is 4.98 Å². The van der Waals surface area contributed by atoms with Gasteiger partial charge in [-0.15, -0.1) is 0 Å². The molecule has 0 radical (unpaired) electrons. The van der Waals surface area contributed by atoms with Gasteiger partial charge in [0.2, 0.25) is 17.7 Å². The van der Waals surface area contributed by atoms with Crippen molar-refractivity contribution < 1.29 is 19.2 Å². The number of likely N-dealkylation sites (tertiary alicyclic amines) is 1. The minimum absolute atomic E-state index is 0.102. The standard InChI is InChI=1S/C21H28N6O4/c1-12(28)18(22)15-4-2-8-24-20(15)25-11-17(29)27-9-3-5-16(27)21(31)26-14-7-6-13(10-14)19(23)30/h2,4,8,13-14,16,22H,3,5-7,9-11H2,1H3,(H2,23,30)(H,24,25)(H,26,31). The van der Waals surface area contributed by atoms with Crippen LogP contribution in [0.15, 0.2) is 18.3 Å². The van der Waals surface area contributed by atoms with Crippen molar-refractivity contribution in [3.63, 3.8) is 0 Å². The van der Waals surface area contributed by atoms with Crippen LogP contribution in [0, 0.1) is 11.3 Å². The zero-order valence-corrected chi connectivity index (χ0v) is 17.5. The zero-order chi connectivity index (χ0) is 22.5. The lowest BCUT2D eigenvalue weighted by atomic mass is 10.1. The van der Waals surface area contributed by atoms with E-state index in [0.717, 1.165) is 6.42 Å². The molecule has 1 aromatic rings. The third-order valence-electron chi connectivity index (χ3n) is 5.89. The first kappa shape index (κ1) is 22.4. The normalized spacial score (nSPS) is 22.7. The highest BCUT2D eigenvalue weighted by Crippen LogP contribution is 2.26. The summed E-state index contributed by atoms with van der Waals surface area (Å²) >= 11 is 0. The summed E-state index contributed by atoms with van der Waals surface area (Å²) in [5.74, 6) is -1.14. The molecule has 2 heterocycles. The van der Waals surface area contributed by atoms with Gasteiger partial charge in [0, 0.05) is 37.2 Å². The van der Waals surface area contributed by atoms with Crippen molar-refractivity contribution in [2.45, 2.75) is 51.1 Å². The summed E-state index contributed by atoms with van der Waals surface area (Å²) in [6.07, 6.45) is 4.71. The van der Waals surface area contributed by atoms with E-state index in [-0.39, 0.29) is 47.8 Å². The SMILES string of the molecule is CC(=O)C(=N)c1cccnc1NCC(=O)N1CCCC1C(=O)NC1CCC(C(N)=O)C1. The van der Waals surface area contributed by atoms with Crippen LogP contribution in [0.1, 0.15) is 44.6 Å². The van der Waals surface area contributed by atoms with Crippen LogP contribution in [0.4, 0.5) is 5.82 Å². The first-order valence-electron chi connectivity index (χ1n) is 10.5. The molecule has 0 spiro atoms. The maximum atomic E-state index is 12.8. The van der Waals surface area contributed by atoms with Gasteiger partial charge in [0.1, 0.15) is 17.6 Å². The number of aromatic nitrogens is 1. The Morgan fingerprint density at radius 1 is 1.26 bits per heavy atom. The molecule has 1 aromatic heterocycles. The molecule has 0 aromatic carbocycles. The molecule has 1 aliphatic carbocycles. The highest BCUT2D eigenvalue weighted by Gasteiger charge is 2.36. The molecule has 3 unspecified atom stereocenters. The van der Waals surface area contributed by atoms with Crippen LogP contribution in [0.2, 0.25) is 0 Å². The second kappa shape index (κ2) is 9.67. The van der Waals surface area contributed by atoms with Crippen LogP contribution in [0.25, 0.3) is 0 Å². The van der Waals surface area contributed by atoms with E-state index in [1.54, 1.807) is 17.0 Å². The summed E-state index contributed by atoms with van der Waals surface area (Å²) in [5, 5.41) is 13.8. The van der Waals surface area contributed by atoms with Crippen molar-refractivity contribution >= 4 is 35.0 Å². The Morgan fingerprint density at radius 3 is 2.71 bits per heavy atom. The molecule has 2 fully saturated rings. The highest BCUT2D eigenvalue weighted by molar-refractivity contribution is 6.45. The average Bonchev–Trinajstić information content (AvgIpc) is 3.41. The van der Waals surface area contributed by atoms with E-state index in [2.05, 4.69) is 15.6 Å². The van der Waals surface area contributed by atoms with Gasteiger partial charge in [0.05, 0.1) is 6.54 Å². The van der Waals surface area contributed by atoms with E-state index in [4.69, 9.17) is 11.1 Å². The summed E-state index contributed by atoms with van der Waals surface area (Å²) in [5.41, 5.74) is 5.49. The second-order valence-electron chi connectivity index (χ2n) is 8.05. The molecule has 10 nitrogen and oxygen atoms in total. The monoisotopic (exact) mass is 428 g/mol. The predicted octanol–water partition coefficient (Wildman–Crippen LogP) is 0.212. The van der Waals surface area contributed by atoms with Crippen LogP contribution < -0.4 is 16.4 Å². The Hall–Kier alpha value is -3.30. The maximum Gasteiger partial charge on any atom is 0.243 e. The Morgan fingerprint density at radius 2 is 2.03 bits per heavy atom. The van der Waals surface area contributed by atoms with Crippen LogP contribution in [0.5, 0.6) is 0 Å². The molecule has 1 aliphatic heterocycles. The number of ketones is 1. The molecular weight excluding hydrogens is 400 g/mol. The summed E-state index contributed by atoms with van der Waals surface area (Å²) in [4.78, 5) is 54.1. The Bertz CT molecular complexity index is 902. The van der Waals surface area contributed by atoms with Gasteiger partial charge in [0.15, 0.2) is 5.78 Å². The van der Waals surface area contributed by atoms with Gasteiger partial charge in [0.25, 0.3) is 0 Å². The molecule has 31 heavy (non-hydrogen) atoms. The number of rotatable bonds is 8. The van der Waals surface area contributed by atoms with Gasteiger partial charge in [-0.3, -0.25) is 24.6 Å². The maximum absolute atomic E-state index is 12.8. The lowest BCUT2D eigenvalue weighted by Crippen LogP contribution is -2.49. The van der Waals surface area contributed by atoms with E-state index in [1.165, 1.54) is 13.1 Å². The van der Waals surface area contributed by atoms with Crippen molar-refractivity contribution in [2.75, 3.05) is 18.4 Å². The van der Waals surface area contributed by atoms with E-state index >= 15 is 0 Å². The lowest BCUT2D eigenvalue weighted by Gasteiger charge is -2.26. The molecule has 3 atom stereocenters. The van der Waals surface area contributed by atoms with Crippen molar-refractivity contribution in [2.24, 2.45) is 11.7 Å². The van der Waals surface area contributed by atoms with E-state index < -0.39 is 11.8 Å². The number of Topliss-reactive ketones (excluding diaryl/α,β-unsaturated/α-hetero) is 1. The number of carbonyl (C=O) groups is 4. The first-order valence-corrected chi connectivity index (χ1v) is 10.5.